The van der Waals surface area contributed by atoms with Gasteiger partial charge < -0.3 is 0 Å². The minimum atomic E-state index is -0.520. The predicted molar refractivity (Wildman–Crippen MR) is 133 cm³/mol. The van der Waals surface area contributed by atoms with Crippen LogP contribution in [0, 0.1) is 0 Å². The van der Waals surface area contributed by atoms with Crippen LogP contribution in [0.2, 0.25) is 0 Å². The summed E-state index contributed by atoms with van der Waals surface area (Å²) in [7, 11) is 0. The van der Waals surface area contributed by atoms with Crippen LogP contribution in [-0.2, 0) is 10.3 Å². The van der Waals surface area contributed by atoms with Gasteiger partial charge in [-0.25, -0.2) is 0 Å². The Hall–Kier alpha value is -3.82. The van der Waals surface area contributed by atoms with Crippen molar-refractivity contribution in [2.45, 2.75) is 12.0 Å². The average molecular weight is 431 g/mol. The quantitative estimate of drug-likeness (QED) is 0.299. The Bertz CT molecular complexity index is 1140. The Morgan fingerprint density at radius 1 is 0.697 bits per heavy atom. The summed E-state index contributed by atoms with van der Waals surface area (Å²) in [5.41, 5.74) is 4.66. The molecule has 0 saturated carbocycles. The summed E-state index contributed by atoms with van der Waals surface area (Å²) >= 11 is 0. The van der Waals surface area contributed by atoms with Crippen LogP contribution in [0.1, 0.15) is 28.8 Å². The summed E-state index contributed by atoms with van der Waals surface area (Å²) in [6, 6.07) is 37.7. The number of piperidine rings is 1. The minimum absolute atomic E-state index is 0.194. The highest BCUT2D eigenvalue weighted by Crippen LogP contribution is 2.43. The van der Waals surface area contributed by atoms with Gasteiger partial charge in [-0.1, -0.05) is 97.1 Å². The van der Waals surface area contributed by atoms with E-state index in [1.54, 1.807) is 6.20 Å². The molecule has 1 aromatic heterocycles. The molecule has 3 aromatic carbocycles. The maximum atomic E-state index is 13.0. The van der Waals surface area contributed by atoms with Crippen molar-refractivity contribution >= 4 is 11.9 Å². The Kier molecular flexibility index (Phi) is 5.97. The van der Waals surface area contributed by atoms with Crippen LogP contribution >= 0.6 is 0 Å². The standard InChI is InChI=1S/C30H26N2O/c33-29-19-21-32(23-24(29)22-28-18-10-11-20-31-28)30(25-12-4-1-5-13-25,26-14-6-2-7-15-26)27-16-8-3-9-17-27/h1-18,20,22H,19,21,23H2/b24-22-. The van der Waals surface area contributed by atoms with Crippen molar-refractivity contribution in [3.8, 4) is 0 Å². The number of carbonyl (C=O) groups is 1. The molecule has 4 aromatic rings. The number of rotatable bonds is 5. The van der Waals surface area contributed by atoms with Gasteiger partial charge in [0.1, 0.15) is 0 Å². The first-order valence-electron chi connectivity index (χ1n) is 11.3. The van der Waals surface area contributed by atoms with Crippen molar-refractivity contribution in [2.75, 3.05) is 13.1 Å². The highest BCUT2D eigenvalue weighted by atomic mass is 16.1. The molecule has 2 heterocycles. The monoisotopic (exact) mass is 430 g/mol. The second-order valence-corrected chi connectivity index (χ2v) is 8.33. The van der Waals surface area contributed by atoms with Gasteiger partial charge in [-0.15, -0.1) is 0 Å². The predicted octanol–water partition coefficient (Wildman–Crippen LogP) is 5.73. The molecule has 1 saturated heterocycles. The Labute approximate surface area is 195 Å². The molecule has 0 atom stereocenters. The second kappa shape index (κ2) is 9.35. The third-order valence-corrected chi connectivity index (χ3v) is 6.39. The molecule has 1 fully saturated rings. The van der Waals surface area contributed by atoms with Crippen LogP contribution in [0.4, 0.5) is 0 Å². The zero-order chi connectivity index (χ0) is 22.5. The molecule has 0 radical (unpaired) electrons. The zero-order valence-corrected chi connectivity index (χ0v) is 18.5. The number of Topliss-reactive ketones (excluding diaryl/α,β-unsaturated/α-hetero) is 1. The molecule has 3 heteroatoms. The van der Waals surface area contributed by atoms with E-state index in [9.17, 15) is 4.79 Å². The van der Waals surface area contributed by atoms with Crippen LogP contribution in [0.5, 0.6) is 0 Å². The summed E-state index contributed by atoms with van der Waals surface area (Å²) in [6.45, 7) is 1.23. The topological polar surface area (TPSA) is 33.2 Å². The number of hydrogen-bond acceptors (Lipinski definition) is 3. The van der Waals surface area contributed by atoms with Crippen molar-refractivity contribution in [2.24, 2.45) is 0 Å². The van der Waals surface area contributed by atoms with Gasteiger partial charge in [-0.2, -0.15) is 0 Å². The van der Waals surface area contributed by atoms with E-state index >= 15 is 0 Å². The number of aromatic nitrogens is 1. The highest BCUT2D eigenvalue weighted by Gasteiger charge is 2.44. The lowest BCUT2D eigenvalue weighted by Crippen LogP contribution is -2.52. The molecule has 3 nitrogen and oxygen atoms in total. The molecule has 33 heavy (non-hydrogen) atoms. The number of ketones is 1. The first kappa shape index (κ1) is 21.0. The number of carbonyl (C=O) groups excluding carboxylic acids is 1. The molecule has 0 unspecified atom stereocenters. The van der Waals surface area contributed by atoms with Crippen LogP contribution in [0.15, 0.2) is 121 Å². The van der Waals surface area contributed by atoms with E-state index in [1.165, 1.54) is 16.7 Å². The molecule has 1 aliphatic rings. The van der Waals surface area contributed by atoms with Gasteiger partial charge in [0.05, 0.1) is 11.2 Å². The molecular weight excluding hydrogens is 404 g/mol. The summed E-state index contributed by atoms with van der Waals surface area (Å²) in [5, 5.41) is 0. The van der Waals surface area contributed by atoms with Gasteiger partial charge >= 0.3 is 0 Å². The van der Waals surface area contributed by atoms with E-state index in [2.05, 4.69) is 101 Å². The van der Waals surface area contributed by atoms with Gasteiger partial charge in [-0.3, -0.25) is 14.7 Å². The third-order valence-electron chi connectivity index (χ3n) is 6.39. The summed E-state index contributed by atoms with van der Waals surface area (Å²) < 4.78 is 0. The molecule has 0 bridgehead atoms. The second-order valence-electron chi connectivity index (χ2n) is 8.33. The smallest absolute Gasteiger partial charge is 0.161 e. The minimum Gasteiger partial charge on any atom is -0.294 e. The number of nitrogens with zero attached hydrogens (tertiary/aromatic N) is 2. The molecule has 0 spiro atoms. The van der Waals surface area contributed by atoms with E-state index in [-0.39, 0.29) is 5.78 Å². The largest absolute Gasteiger partial charge is 0.294 e. The van der Waals surface area contributed by atoms with Gasteiger partial charge in [0.15, 0.2) is 5.78 Å². The van der Waals surface area contributed by atoms with E-state index in [0.717, 1.165) is 11.3 Å². The Morgan fingerprint density at radius 3 is 1.70 bits per heavy atom. The van der Waals surface area contributed by atoms with Crippen LogP contribution in [0.3, 0.4) is 0 Å². The Balaban J connectivity index is 1.71. The van der Waals surface area contributed by atoms with E-state index < -0.39 is 5.54 Å². The van der Waals surface area contributed by atoms with Crippen molar-refractivity contribution < 1.29 is 4.79 Å². The van der Waals surface area contributed by atoms with Crippen LogP contribution in [-0.4, -0.2) is 28.8 Å². The average Bonchev–Trinajstić information content (AvgIpc) is 2.89. The number of hydrogen-bond donors (Lipinski definition) is 0. The van der Waals surface area contributed by atoms with Gasteiger partial charge in [0.25, 0.3) is 0 Å². The summed E-state index contributed by atoms with van der Waals surface area (Å²) in [4.78, 5) is 19.8. The fourth-order valence-electron chi connectivity index (χ4n) is 4.91. The fourth-order valence-corrected chi connectivity index (χ4v) is 4.91. The maximum Gasteiger partial charge on any atom is 0.161 e. The Morgan fingerprint density at radius 2 is 1.21 bits per heavy atom. The van der Waals surface area contributed by atoms with Gasteiger partial charge in [0.2, 0.25) is 0 Å². The van der Waals surface area contributed by atoms with Crippen molar-refractivity contribution in [1.29, 1.82) is 0 Å². The summed E-state index contributed by atoms with van der Waals surface area (Å²) in [5.74, 6) is 0.194. The SMILES string of the molecule is O=C1CCN(C(c2ccccc2)(c2ccccc2)c2ccccc2)C/C1=C/c1ccccn1. The van der Waals surface area contributed by atoms with E-state index in [0.29, 0.717) is 19.5 Å². The lowest BCUT2D eigenvalue weighted by Gasteiger charge is -2.47. The molecular formula is C30H26N2O. The molecule has 0 amide bonds. The van der Waals surface area contributed by atoms with Crippen LogP contribution < -0.4 is 0 Å². The number of pyridine rings is 1. The molecule has 5 rings (SSSR count). The molecule has 1 aliphatic heterocycles. The fraction of sp³-hybridized carbons (Fsp3) is 0.133. The first-order valence-corrected chi connectivity index (χ1v) is 11.3. The van der Waals surface area contributed by atoms with E-state index in [4.69, 9.17) is 0 Å². The normalized spacial score (nSPS) is 16.1. The van der Waals surface area contributed by atoms with Crippen LogP contribution in [0.25, 0.3) is 6.08 Å². The first-order chi connectivity index (χ1) is 16.3. The number of likely N-dealkylation sites (tertiary alicyclic amines) is 1. The molecule has 0 N–H and O–H groups in total. The maximum absolute atomic E-state index is 13.0. The van der Waals surface area contributed by atoms with Gasteiger partial charge in [-0.05, 0) is 34.9 Å². The highest BCUT2D eigenvalue weighted by molar-refractivity contribution is 6.00. The zero-order valence-electron chi connectivity index (χ0n) is 18.5. The third kappa shape index (κ3) is 4.04. The van der Waals surface area contributed by atoms with Crippen molar-refractivity contribution in [3.05, 3.63) is 143 Å². The summed E-state index contributed by atoms with van der Waals surface area (Å²) in [6.07, 6.45) is 4.19. The lowest BCUT2D eigenvalue weighted by molar-refractivity contribution is -0.117. The van der Waals surface area contributed by atoms with Gasteiger partial charge in [0, 0.05) is 31.3 Å². The van der Waals surface area contributed by atoms with E-state index in [1.807, 2.05) is 24.3 Å². The molecule has 0 aliphatic carbocycles. The van der Waals surface area contributed by atoms with Crippen molar-refractivity contribution in [1.82, 2.24) is 9.88 Å². The lowest BCUT2D eigenvalue weighted by atomic mass is 9.74. The van der Waals surface area contributed by atoms with Crippen molar-refractivity contribution in [3.63, 3.8) is 0 Å². The number of benzene rings is 3. The molecule has 162 valence electrons.